The summed E-state index contributed by atoms with van der Waals surface area (Å²) in [5.41, 5.74) is 0.513. The first-order chi connectivity index (χ1) is 11.5. The molecule has 0 N–H and O–H groups in total. The fourth-order valence-electron chi connectivity index (χ4n) is 4.32. The molecule has 3 rings (SSSR count). The van der Waals surface area contributed by atoms with Gasteiger partial charge in [0.2, 0.25) is 0 Å². The van der Waals surface area contributed by atoms with Crippen LogP contribution in [-0.2, 0) is 14.3 Å². The summed E-state index contributed by atoms with van der Waals surface area (Å²) in [7, 11) is 2.06. The van der Waals surface area contributed by atoms with Gasteiger partial charge in [0.25, 0.3) is 0 Å². The Hall–Kier alpha value is -1.88. The van der Waals surface area contributed by atoms with Crippen LogP contribution in [0.3, 0.4) is 0 Å². The third-order valence-electron chi connectivity index (χ3n) is 5.37. The molecule has 0 spiro atoms. The Morgan fingerprint density at radius 3 is 2.58 bits per heavy atom. The van der Waals surface area contributed by atoms with E-state index in [1.54, 1.807) is 31.2 Å². The second-order valence-corrected chi connectivity index (χ2v) is 6.85. The Morgan fingerprint density at radius 2 is 1.92 bits per heavy atom. The first kappa shape index (κ1) is 17.0. The normalized spacial score (nSPS) is 32.4. The number of rotatable bonds is 4. The summed E-state index contributed by atoms with van der Waals surface area (Å²) < 4.78 is 11.1. The zero-order valence-corrected chi connectivity index (χ0v) is 14.5. The average molecular weight is 331 g/mol. The minimum Gasteiger partial charge on any atom is -0.466 e. The SMILES string of the molecule is CCOC(=O)[C@@H]1C2C(C)CC(C[C@@H]1OC(=O)c1ccccc1)N2C. The van der Waals surface area contributed by atoms with Crippen LogP contribution in [0.15, 0.2) is 30.3 Å². The molecule has 130 valence electrons. The van der Waals surface area contributed by atoms with Crippen molar-refractivity contribution in [2.45, 2.75) is 44.9 Å². The van der Waals surface area contributed by atoms with Crippen molar-refractivity contribution < 1.29 is 19.1 Å². The van der Waals surface area contributed by atoms with E-state index < -0.39 is 12.0 Å². The molecular weight excluding hydrogens is 306 g/mol. The van der Waals surface area contributed by atoms with Gasteiger partial charge in [0.15, 0.2) is 0 Å². The molecule has 1 aromatic rings. The number of hydrogen-bond donors (Lipinski definition) is 0. The second kappa shape index (κ2) is 6.93. The summed E-state index contributed by atoms with van der Waals surface area (Å²) in [4.78, 5) is 27.3. The maximum atomic E-state index is 12.6. The number of benzene rings is 1. The Bertz CT molecular complexity index is 603. The molecule has 0 aromatic heterocycles. The van der Waals surface area contributed by atoms with Crippen LogP contribution in [0, 0.1) is 11.8 Å². The summed E-state index contributed by atoms with van der Waals surface area (Å²) in [6.45, 7) is 4.30. The first-order valence-corrected chi connectivity index (χ1v) is 8.67. The van der Waals surface area contributed by atoms with Crippen LogP contribution in [0.25, 0.3) is 0 Å². The van der Waals surface area contributed by atoms with Crippen molar-refractivity contribution in [1.29, 1.82) is 0 Å². The van der Waals surface area contributed by atoms with Crippen molar-refractivity contribution in [1.82, 2.24) is 4.90 Å². The molecule has 5 heteroatoms. The highest BCUT2D eigenvalue weighted by Gasteiger charge is 2.54. The van der Waals surface area contributed by atoms with Crippen molar-refractivity contribution in [3.8, 4) is 0 Å². The van der Waals surface area contributed by atoms with Crippen LogP contribution in [0.5, 0.6) is 0 Å². The molecule has 0 amide bonds. The van der Waals surface area contributed by atoms with E-state index in [0.717, 1.165) is 6.42 Å². The van der Waals surface area contributed by atoms with E-state index in [9.17, 15) is 9.59 Å². The smallest absolute Gasteiger partial charge is 0.338 e. The Balaban J connectivity index is 1.82. The van der Waals surface area contributed by atoms with E-state index in [-0.39, 0.29) is 18.0 Å². The lowest BCUT2D eigenvalue weighted by molar-refractivity contribution is -0.159. The summed E-state index contributed by atoms with van der Waals surface area (Å²) in [6.07, 6.45) is 1.28. The second-order valence-electron chi connectivity index (χ2n) is 6.85. The quantitative estimate of drug-likeness (QED) is 0.794. The van der Waals surface area contributed by atoms with Crippen LogP contribution in [-0.4, -0.2) is 48.7 Å². The molecule has 2 heterocycles. The van der Waals surface area contributed by atoms with Gasteiger partial charge in [-0.05, 0) is 38.4 Å². The van der Waals surface area contributed by atoms with Gasteiger partial charge in [0, 0.05) is 18.5 Å². The van der Waals surface area contributed by atoms with E-state index in [2.05, 4.69) is 18.9 Å². The van der Waals surface area contributed by atoms with Gasteiger partial charge in [-0.2, -0.15) is 0 Å². The van der Waals surface area contributed by atoms with Gasteiger partial charge in [0.05, 0.1) is 12.2 Å². The van der Waals surface area contributed by atoms with Crippen LogP contribution in [0.1, 0.15) is 37.0 Å². The number of ether oxygens (including phenoxy) is 2. The lowest BCUT2D eigenvalue weighted by atomic mass is 9.85. The average Bonchev–Trinajstić information content (AvgIpc) is 2.75. The molecular formula is C19H25NO4. The lowest BCUT2D eigenvalue weighted by Crippen LogP contribution is -2.54. The molecule has 5 atom stereocenters. The molecule has 2 fully saturated rings. The highest BCUT2D eigenvalue weighted by atomic mass is 16.6. The molecule has 1 aromatic carbocycles. The summed E-state index contributed by atoms with van der Waals surface area (Å²) in [5.74, 6) is -0.662. The van der Waals surface area contributed by atoms with E-state index in [4.69, 9.17) is 9.47 Å². The maximum absolute atomic E-state index is 12.6. The van der Waals surface area contributed by atoms with E-state index in [0.29, 0.717) is 30.6 Å². The molecule has 2 bridgehead atoms. The predicted octanol–water partition coefficient (Wildman–Crippen LogP) is 2.50. The standard InChI is InChI=1S/C19H25NO4/c1-4-23-19(22)16-15(11-14-10-12(2)17(16)20(14)3)24-18(21)13-8-6-5-7-9-13/h5-9,12,14-17H,4,10-11H2,1-3H3/t12?,14?,15-,16-,17?/m0/s1. The van der Waals surface area contributed by atoms with Crippen molar-refractivity contribution >= 4 is 11.9 Å². The lowest BCUT2D eigenvalue weighted by Gasteiger charge is -2.41. The summed E-state index contributed by atoms with van der Waals surface area (Å²) >= 11 is 0. The molecule has 2 aliphatic heterocycles. The molecule has 24 heavy (non-hydrogen) atoms. The van der Waals surface area contributed by atoms with Crippen LogP contribution < -0.4 is 0 Å². The highest BCUT2D eigenvalue weighted by molar-refractivity contribution is 5.89. The van der Waals surface area contributed by atoms with Gasteiger partial charge in [-0.1, -0.05) is 25.1 Å². The molecule has 2 aliphatic rings. The number of piperidine rings is 1. The monoisotopic (exact) mass is 331 g/mol. The maximum Gasteiger partial charge on any atom is 0.338 e. The van der Waals surface area contributed by atoms with Crippen LogP contribution >= 0.6 is 0 Å². The Morgan fingerprint density at radius 1 is 1.21 bits per heavy atom. The zero-order chi connectivity index (χ0) is 17.3. The van der Waals surface area contributed by atoms with Gasteiger partial charge >= 0.3 is 11.9 Å². The topological polar surface area (TPSA) is 55.8 Å². The zero-order valence-electron chi connectivity index (χ0n) is 14.5. The van der Waals surface area contributed by atoms with Crippen molar-refractivity contribution in [2.75, 3.05) is 13.7 Å². The molecule has 0 saturated carbocycles. The molecule has 3 unspecified atom stereocenters. The van der Waals surface area contributed by atoms with Crippen LogP contribution in [0.4, 0.5) is 0 Å². The van der Waals surface area contributed by atoms with E-state index in [1.165, 1.54) is 0 Å². The van der Waals surface area contributed by atoms with Gasteiger partial charge < -0.3 is 9.47 Å². The molecule has 5 nitrogen and oxygen atoms in total. The number of hydrogen-bond acceptors (Lipinski definition) is 5. The molecule has 0 radical (unpaired) electrons. The first-order valence-electron chi connectivity index (χ1n) is 8.67. The summed E-state index contributed by atoms with van der Waals surface area (Å²) in [6, 6.07) is 9.34. The van der Waals surface area contributed by atoms with Crippen molar-refractivity contribution in [3.63, 3.8) is 0 Å². The third kappa shape index (κ3) is 3.05. The fourth-order valence-corrected chi connectivity index (χ4v) is 4.32. The Kier molecular flexibility index (Phi) is 4.90. The van der Waals surface area contributed by atoms with Gasteiger partial charge in [-0.25, -0.2) is 4.79 Å². The molecule has 2 saturated heterocycles. The fraction of sp³-hybridized carbons (Fsp3) is 0.579. The van der Waals surface area contributed by atoms with E-state index >= 15 is 0 Å². The number of carbonyl (C=O) groups excluding carboxylic acids is 2. The van der Waals surface area contributed by atoms with Crippen LogP contribution in [0.2, 0.25) is 0 Å². The number of nitrogens with zero attached hydrogens (tertiary/aromatic N) is 1. The predicted molar refractivity (Wildman–Crippen MR) is 89.5 cm³/mol. The highest BCUT2D eigenvalue weighted by Crippen LogP contribution is 2.43. The van der Waals surface area contributed by atoms with Crippen molar-refractivity contribution in [3.05, 3.63) is 35.9 Å². The summed E-state index contributed by atoms with van der Waals surface area (Å²) in [5, 5.41) is 0. The minimum atomic E-state index is -0.423. The Labute approximate surface area is 142 Å². The molecule has 0 aliphatic carbocycles. The van der Waals surface area contributed by atoms with Crippen molar-refractivity contribution in [2.24, 2.45) is 11.8 Å². The van der Waals surface area contributed by atoms with E-state index in [1.807, 2.05) is 6.07 Å². The number of carbonyl (C=O) groups is 2. The largest absolute Gasteiger partial charge is 0.466 e. The number of esters is 2. The van der Waals surface area contributed by atoms with Gasteiger partial charge in [0.1, 0.15) is 12.0 Å². The third-order valence-corrected chi connectivity index (χ3v) is 5.37. The minimum absolute atomic E-state index is 0.0661. The number of fused-ring (bicyclic) bond motifs is 2. The van der Waals surface area contributed by atoms with Gasteiger partial charge in [-0.15, -0.1) is 0 Å². The van der Waals surface area contributed by atoms with Gasteiger partial charge in [-0.3, -0.25) is 9.69 Å².